The van der Waals surface area contributed by atoms with Crippen LogP contribution in [0.3, 0.4) is 0 Å². The number of amides is 1. The molecule has 10 heteroatoms. The van der Waals surface area contributed by atoms with Gasteiger partial charge in [-0.3, -0.25) is 4.79 Å². The van der Waals surface area contributed by atoms with Gasteiger partial charge < -0.3 is 10.1 Å². The summed E-state index contributed by atoms with van der Waals surface area (Å²) in [4.78, 5) is 16.3. The first-order chi connectivity index (χ1) is 13.4. The molecule has 0 aliphatic heterocycles. The van der Waals surface area contributed by atoms with Crippen molar-refractivity contribution in [2.45, 2.75) is 18.2 Å². The number of nitrogens with one attached hydrogen (secondary N) is 2. The van der Waals surface area contributed by atoms with Gasteiger partial charge in [0.1, 0.15) is 11.6 Å². The van der Waals surface area contributed by atoms with Gasteiger partial charge in [-0.2, -0.15) is 0 Å². The standard InChI is InChI=1S/C18H18FN3O4S2/c1-2-26-13-5-8-15-16(11-13)27-18(21-15)22-17(23)9-10-20-28(24,25)14-6-3-12(19)4-7-14/h3-8,11,20H,2,9-10H2,1H3,(H,21,22,23). The van der Waals surface area contributed by atoms with Gasteiger partial charge in [0, 0.05) is 13.0 Å². The second kappa shape index (κ2) is 8.63. The van der Waals surface area contributed by atoms with Crippen LogP contribution in [-0.4, -0.2) is 32.5 Å². The van der Waals surface area contributed by atoms with Crippen LogP contribution in [0, 0.1) is 5.82 Å². The first-order valence-electron chi connectivity index (χ1n) is 8.46. The average molecular weight is 423 g/mol. The highest BCUT2D eigenvalue weighted by Crippen LogP contribution is 2.29. The summed E-state index contributed by atoms with van der Waals surface area (Å²) in [6.07, 6.45) is -0.0689. The number of benzene rings is 2. The molecular weight excluding hydrogens is 405 g/mol. The Morgan fingerprint density at radius 2 is 1.96 bits per heavy atom. The number of sulfonamides is 1. The maximum atomic E-state index is 12.9. The number of nitrogens with zero attached hydrogens (tertiary/aromatic N) is 1. The van der Waals surface area contributed by atoms with Crippen LogP contribution in [0.4, 0.5) is 9.52 Å². The first-order valence-corrected chi connectivity index (χ1v) is 10.8. The quantitative estimate of drug-likeness (QED) is 0.580. The molecule has 1 heterocycles. The van der Waals surface area contributed by atoms with Crippen molar-refractivity contribution in [2.24, 2.45) is 0 Å². The Balaban J connectivity index is 1.55. The van der Waals surface area contributed by atoms with Gasteiger partial charge in [0.2, 0.25) is 15.9 Å². The predicted molar refractivity (Wildman–Crippen MR) is 106 cm³/mol. The summed E-state index contributed by atoms with van der Waals surface area (Å²) in [6.45, 7) is 2.36. The topological polar surface area (TPSA) is 97.4 Å². The van der Waals surface area contributed by atoms with E-state index in [0.29, 0.717) is 11.7 Å². The molecule has 0 unspecified atom stereocenters. The van der Waals surface area contributed by atoms with E-state index in [9.17, 15) is 17.6 Å². The maximum Gasteiger partial charge on any atom is 0.240 e. The van der Waals surface area contributed by atoms with Crippen LogP contribution < -0.4 is 14.8 Å². The Kier molecular flexibility index (Phi) is 6.22. The van der Waals surface area contributed by atoms with E-state index in [1.165, 1.54) is 11.3 Å². The molecule has 0 aliphatic carbocycles. The van der Waals surface area contributed by atoms with Crippen molar-refractivity contribution in [1.82, 2.24) is 9.71 Å². The van der Waals surface area contributed by atoms with Crippen molar-refractivity contribution >= 4 is 42.6 Å². The SMILES string of the molecule is CCOc1ccc2nc(NC(=O)CCNS(=O)(=O)c3ccc(F)cc3)sc2c1. The summed E-state index contributed by atoms with van der Waals surface area (Å²) >= 11 is 1.31. The third-order valence-electron chi connectivity index (χ3n) is 3.69. The monoisotopic (exact) mass is 423 g/mol. The van der Waals surface area contributed by atoms with Gasteiger partial charge in [-0.15, -0.1) is 0 Å². The highest BCUT2D eigenvalue weighted by atomic mass is 32.2. The van der Waals surface area contributed by atoms with Gasteiger partial charge in [-0.1, -0.05) is 11.3 Å². The molecule has 0 saturated heterocycles. The second-order valence-electron chi connectivity index (χ2n) is 5.73. The fourth-order valence-electron chi connectivity index (χ4n) is 2.39. The third kappa shape index (κ3) is 5.03. The molecule has 2 aromatic carbocycles. The van der Waals surface area contributed by atoms with E-state index in [2.05, 4.69) is 15.0 Å². The number of fused-ring (bicyclic) bond motifs is 1. The highest BCUT2D eigenvalue weighted by molar-refractivity contribution is 7.89. The molecular formula is C18H18FN3O4S2. The number of carbonyl (C=O) groups excluding carboxylic acids is 1. The third-order valence-corrected chi connectivity index (χ3v) is 6.10. The van der Waals surface area contributed by atoms with E-state index >= 15 is 0 Å². The van der Waals surface area contributed by atoms with Crippen LogP contribution in [0.15, 0.2) is 47.4 Å². The normalized spacial score (nSPS) is 11.5. The van der Waals surface area contributed by atoms with Crippen LogP contribution >= 0.6 is 11.3 Å². The molecule has 2 N–H and O–H groups in total. The molecule has 28 heavy (non-hydrogen) atoms. The summed E-state index contributed by atoms with van der Waals surface area (Å²) < 4.78 is 45.7. The molecule has 0 spiro atoms. The molecule has 148 valence electrons. The van der Waals surface area contributed by atoms with Crippen LogP contribution in [-0.2, 0) is 14.8 Å². The Morgan fingerprint density at radius 1 is 1.21 bits per heavy atom. The smallest absolute Gasteiger partial charge is 0.240 e. The van der Waals surface area contributed by atoms with Crippen LogP contribution in [0.25, 0.3) is 10.2 Å². The molecule has 0 aliphatic rings. The molecule has 7 nitrogen and oxygen atoms in total. The van der Waals surface area contributed by atoms with Crippen molar-refractivity contribution < 1.29 is 22.3 Å². The molecule has 0 saturated carbocycles. The van der Waals surface area contributed by atoms with Gasteiger partial charge in [-0.25, -0.2) is 22.5 Å². The van der Waals surface area contributed by atoms with Crippen molar-refractivity contribution in [2.75, 3.05) is 18.5 Å². The fraction of sp³-hybridized carbons (Fsp3) is 0.222. The zero-order chi connectivity index (χ0) is 20.1. The summed E-state index contributed by atoms with van der Waals surface area (Å²) in [7, 11) is -3.80. The minimum atomic E-state index is -3.80. The number of rotatable bonds is 8. The van der Waals surface area contributed by atoms with Gasteiger partial charge in [0.15, 0.2) is 5.13 Å². The van der Waals surface area contributed by atoms with E-state index < -0.39 is 15.8 Å². The lowest BCUT2D eigenvalue weighted by Gasteiger charge is -2.06. The number of ether oxygens (including phenoxy) is 1. The van der Waals surface area contributed by atoms with Crippen molar-refractivity contribution in [3.63, 3.8) is 0 Å². The summed E-state index contributed by atoms with van der Waals surface area (Å²) in [5.41, 5.74) is 0.737. The van der Waals surface area contributed by atoms with Crippen LogP contribution in [0.5, 0.6) is 5.75 Å². The van der Waals surface area contributed by atoms with Crippen LogP contribution in [0.2, 0.25) is 0 Å². The van der Waals surface area contributed by atoms with E-state index in [1.807, 2.05) is 19.1 Å². The highest BCUT2D eigenvalue weighted by Gasteiger charge is 2.15. The number of anilines is 1. The first kappa shape index (κ1) is 20.2. The minimum Gasteiger partial charge on any atom is -0.494 e. The number of hydrogen-bond donors (Lipinski definition) is 2. The van der Waals surface area contributed by atoms with Crippen molar-refractivity contribution in [3.05, 3.63) is 48.3 Å². The predicted octanol–water partition coefficient (Wildman–Crippen LogP) is 3.14. The van der Waals surface area contributed by atoms with E-state index in [0.717, 1.165) is 40.2 Å². The second-order valence-corrected chi connectivity index (χ2v) is 8.53. The van der Waals surface area contributed by atoms with E-state index in [-0.39, 0.29) is 23.8 Å². The Hall–Kier alpha value is -2.56. The zero-order valence-electron chi connectivity index (χ0n) is 14.9. The largest absolute Gasteiger partial charge is 0.494 e. The van der Waals surface area contributed by atoms with Crippen LogP contribution in [0.1, 0.15) is 13.3 Å². The van der Waals surface area contributed by atoms with Gasteiger partial charge in [0.05, 0.1) is 21.7 Å². The lowest BCUT2D eigenvalue weighted by atomic mass is 10.3. The minimum absolute atomic E-state index is 0.0643. The molecule has 0 bridgehead atoms. The lowest BCUT2D eigenvalue weighted by Crippen LogP contribution is -2.27. The van der Waals surface area contributed by atoms with Crippen molar-refractivity contribution in [1.29, 1.82) is 0 Å². The molecule has 0 radical (unpaired) electrons. The summed E-state index contributed by atoms with van der Waals surface area (Å²) in [6, 6.07) is 9.91. The number of hydrogen-bond acceptors (Lipinski definition) is 6. The number of carbonyl (C=O) groups is 1. The Morgan fingerprint density at radius 3 is 2.68 bits per heavy atom. The maximum absolute atomic E-state index is 12.9. The van der Waals surface area contributed by atoms with E-state index in [1.54, 1.807) is 6.07 Å². The summed E-state index contributed by atoms with van der Waals surface area (Å²) in [5.74, 6) is -0.167. The fourth-order valence-corrected chi connectivity index (χ4v) is 4.33. The van der Waals surface area contributed by atoms with Gasteiger partial charge in [0.25, 0.3) is 0 Å². The van der Waals surface area contributed by atoms with Gasteiger partial charge in [-0.05, 0) is 49.4 Å². The Bertz CT molecular complexity index is 1080. The summed E-state index contributed by atoms with van der Waals surface area (Å²) in [5, 5.41) is 3.09. The number of thiazole rings is 1. The molecule has 3 aromatic rings. The average Bonchev–Trinajstić information content (AvgIpc) is 3.03. The van der Waals surface area contributed by atoms with E-state index in [4.69, 9.17) is 4.74 Å². The molecule has 1 aromatic heterocycles. The van der Waals surface area contributed by atoms with Gasteiger partial charge >= 0.3 is 0 Å². The molecule has 3 rings (SSSR count). The zero-order valence-corrected chi connectivity index (χ0v) is 16.6. The molecule has 0 fully saturated rings. The molecule has 0 atom stereocenters. The molecule has 1 amide bonds. The number of halogens is 1. The lowest BCUT2D eigenvalue weighted by molar-refractivity contribution is -0.116. The number of aromatic nitrogens is 1. The Labute approximate surface area is 165 Å². The van der Waals surface area contributed by atoms with Crippen molar-refractivity contribution in [3.8, 4) is 5.75 Å².